The molecule has 160 valence electrons. The molecule has 0 amide bonds. The van der Waals surface area contributed by atoms with Gasteiger partial charge in [-0.2, -0.15) is 4.98 Å². The molecule has 0 unspecified atom stereocenters. The van der Waals surface area contributed by atoms with Crippen LogP contribution in [0.2, 0.25) is 0 Å². The Balaban J connectivity index is 1.28. The molecule has 3 aromatic heterocycles. The first-order valence-electron chi connectivity index (χ1n) is 10.4. The molecule has 32 heavy (non-hydrogen) atoms. The normalized spacial score (nSPS) is 13.5. The molecule has 1 aromatic carbocycles. The first kappa shape index (κ1) is 19.8. The highest BCUT2D eigenvalue weighted by molar-refractivity contribution is 5.62. The lowest BCUT2D eigenvalue weighted by Crippen LogP contribution is -2.55. The summed E-state index contributed by atoms with van der Waals surface area (Å²) in [6.45, 7) is 3.73. The summed E-state index contributed by atoms with van der Waals surface area (Å²) in [7, 11) is 0. The van der Waals surface area contributed by atoms with Gasteiger partial charge in [0.05, 0.1) is 0 Å². The Labute approximate surface area is 185 Å². The van der Waals surface area contributed by atoms with Gasteiger partial charge in [0.1, 0.15) is 17.3 Å². The smallest absolute Gasteiger partial charge is 0.229 e. The van der Waals surface area contributed by atoms with Crippen molar-refractivity contribution in [2.45, 2.75) is 13.0 Å². The molecule has 9 heteroatoms. The lowest BCUT2D eigenvalue weighted by atomic mass is 10.1. The van der Waals surface area contributed by atoms with Gasteiger partial charge in [0.2, 0.25) is 5.95 Å². The maximum Gasteiger partial charge on any atom is 0.229 e. The van der Waals surface area contributed by atoms with Gasteiger partial charge in [0, 0.05) is 48.6 Å². The minimum Gasteiger partial charge on any atom is -0.368 e. The van der Waals surface area contributed by atoms with E-state index in [1.165, 1.54) is 0 Å². The summed E-state index contributed by atoms with van der Waals surface area (Å²) in [6, 6.07) is 17.8. The van der Waals surface area contributed by atoms with Crippen LogP contribution >= 0.6 is 0 Å². The highest BCUT2D eigenvalue weighted by Gasteiger charge is 2.22. The summed E-state index contributed by atoms with van der Waals surface area (Å²) in [4.78, 5) is 24.5. The summed E-state index contributed by atoms with van der Waals surface area (Å²) < 4.78 is 0. The summed E-state index contributed by atoms with van der Waals surface area (Å²) >= 11 is 0. The van der Waals surface area contributed by atoms with E-state index in [-0.39, 0.29) is 6.04 Å². The second-order valence-electron chi connectivity index (χ2n) is 7.66. The third-order valence-corrected chi connectivity index (χ3v) is 5.08. The van der Waals surface area contributed by atoms with Crippen LogP contribution in [0.15, 0.2) is 67.0 Å². The number of aryl methyl sites for hydroxylation is 1. The molecule has 0 spiro atoms. The monoisotopic (exact) mass is 425 g/mol. The van der Waals surface area contributed by atoms with Gasteiger partial charge >= 0.3 is 0 Å². The van der Waals surface area contributed by atoms with Crippen molar-refractivity contribution in [2.75, 3.05) is 28.6 Å². The van der Waals surface area contributed by atoms with E-state index in [1.807, 2.05) is 37.3 Å². The Morgan fingerprint density at radius 3 is 2.34 bits per heavy atom. The number of nitrogens with two attached hydrogens (primary N) is 1. The second kappa shape index (κ2) is 8.56. The van der Waals surface area contributed by atoms with Crippen LogP contribution in [-0.4, -0.2) is 44.1 Å². The first-order chi connectivity index (χ1) is 15.6. The average molecular weight is 426 g/mol. The Morgan fingerprint density at radius 1 is 0.844 bits per heavy atom. The summed E-state index contributed by atoms with van der Waals surface area (Å²) in [6.07, 6.45) is 3.39. The van der Waals surface area contributed by atoms with Gasteiger partial charge in [-0.15, -0.1) is 0 Å². The van der Waals surface area contributed by atoms with E-state index < -0.39 is 0 Å². The fraction of sp³-hybridized carbons (Fsp3) is 0.174. The van der Waals surface area contributed by atoms with Crippen LogP contribution < -0.4 is 21.3 Å². The molecule has 9 nitrogen and oxygen atoms in total. The number of nitrogens with one attached hydrogen (secondary N) is 2. The lowest BCUT2D eigenvalue weighted by Gasteiger charge is -2.38. The number of nitrogens with zero attached hydrogens (tertiary/aromatic N) is 6. The van der Waals surface area contributed by atoms with Gasteiger partial charge in [-0.05, 0) is 55.5 Å². The predicted molar refractivity (Wildman–Crippen MR) is 125 cm³/mol. The Bertz CT molecular complexity index is 1220. The summed E-state index contributed by atoms with van der Waals surface area (Å²) in [5.41, 5.74) is 9.57. The van der Waals surface area contributed by atoms with Crippen molar-refractivity contribution in [3.63, 3.8) is 0 Å². The number of hydrogen-bond donors (Lipinski definition) is 3. The minimum atomic E-state index is 0.274. The van der Waals surface area contributed by atoms with E-state index in [4.69, 9.17) is 5.73 Å². The number of pyridine rings is 1. The zero-order valence-electron chi connectivity index (χ0n) is 17.6. The molecule has 4 aromatic rings. The van der Waals surface area contributed by atoms with Crippen LogP contribution in [0.4, 0.5) is 29.0 Å². The number of benzene rings is 1. The minimum absolute atomic E-state index is 0.274. The molecule has 0 aliphatic carbocycles. The second-order valence-corrected chi connectivity index (χ2v) is 7.66. The number of rotatable bonds is 6. The molecule has 0 radical (unpaired) electrons. The molecule has 1 fully saturated rings. The number of hydrogen-bond acceptors (Lipinski definition) is 9. The molecule has 1 saturated heterocycles. The molecule has 4 N–H and O–H groups in total. The van der Waals surface area contributed by atoms with Crippen molar-refractivity contribution in [3.05, 3.63) is 72.7 Å². The molecule has 4 heterocycles. The van der Waals surface area contributed by atoms with E-state index in [9.17, 15) is 0 Å². The van der Waals surface area contributed by atoms with Gasteiger partial charge in [-0.3, -0.25) is 0 Å². The standard InChI is InChI=1S/C23H23N9/c1-15-3-2-4-19(27-15)22-25-11-9-20(30-22)29-21-10-12-26-23(31-21)28-17-5-7-18(8-6-17)32-13-16(24)14-32/h2-12,16H,13-14,24H2,1H3,(H2,25,26,28,29,30,31). The van der Waals surface area contributed by atoms with Crippen molar-refractivity contribution in [1.82, 2.24) is 24.9 Å². The maximum absolute atomic E-state index is 5.86. The van der Waals surface area contributed by atoms with Gasteiger partial charge < -0.3 is 21.3 Å². The Kier molecular flexibility index (Phi) is 5.30. The molecular weight excluding hydrogens is 402 g/mol. The zero-order valence-corrected chi connectivity index (χ0v) is 17.6. The van der Waals surface area contributed by atoms with Crippen LogP contribution in [0.5, 0.6) is 0 Å². The van der Waals surface area contributed by atoms with Gasteiger partial charge in [0.15, 0.2) is 5.82 Å². The third-order valence-electron chi connectivity index (χ3n) is 5.08. The first-order valence-corrected chi connectivity index (χ1v) is 10.4. The van der Waals surface area contributed by atoms with Gasteiger partial charge in [-0.25, -0.2) is 19.9 Å². The van der Waals surface area contributed by atoms with Gasteiger partial charge in [-0.1, -0.05) is 6.07 Å². The molecule has 0 saturated carbocycles. The fourth-order valence-corrected chi connectivity index (χ4v) is 3.45. The zero-order chi connectivity index (χ0) is 21.9. The molecule has 5 rings (SSSR count). The van der Waals surface area contributed by atoms with E-state index in [0.29, 0.717) is 23.4 Å². The van der Waals surface area contributed by atoms with Crippen LogP contribution in [0.1, 0.15) is 5.69 Å². The Hall–Kier alpha value is -4.11. The molecule has 1 aliphatic rings. The van der Waals surface area contributed by atoms with Crippen molar-refractivity contribution in [2.24, 2.45) is 5.73 Å². The lowest BCUT2D eigenvalue weighted by molar-refractivity contribution is 0.519. The molecule has 0 bridgehead atoms. The largest absolute Gasteiger partial charge is 0.368 e. The van der Waals surface area contributed by atoms with Crippen LogP contribution in [-0.2, 0) is 0 Å². The fourth-order valence-electron chi connectivity index (χ4n) is 3.45. The van der Waals surface area contributed by atoms with Crippen LogP contribution in [0.3, 0.4) is 0 Å². The highest BCUT2D eigenvalue weighted by atomic mass is 15.2. The number of aromatic nitrogens is 5. The average Bonchev–Trinajstić information content (AvgIpc) is 2.78. The van der Waals surface area contributed by atoms with Crippen LogP contribution in [0.25, 0.3) is 11.5 Å². The topological polar surface area (TPSA) is 118 Å². The van der Waals surface area contributed by atoms with Crippen molar-refractivity contribution in [1.29, 1.82) is 0 Å². The van der Waals surface area contributed by atoms with E-state index in [0.717, 1.165) is 35.9 Å². The van der Waals surface area contributed by atoms with Crippen molar-refractivity contribution >= 4 is 29.0 Å². The summed E-state index contributed by atoms with van der Waals surface area (Å²) in [5, 5.41) is 6.45. The molecular formula is C23H23N9. The third kappa shape index (κ3) is 4.47. The molecule has 0 atom stereocenters. The van der Waals surface area contributed by atoms with Crippen molar-refractivity contribution < 1.29 is 0 Å². The van der Waals surface area contributed by atoms with E-state index in [2.05, 4.69) is 52.6 Å². The van der Waals surface area contributed by atoms with E-state index in [1.54, 1.807) is 24.5 Å². The summed E-state index contributed by atoms with van der Waals surface area (Å²) in [5.74, 6) is 2.29. The van der Waals surface area contributed by atoms with Crippen LogP contribution in [0, 0.1) is 6.92 Å². The van der Waals surface area contributed by atoms with Gasteiger partial charge in [0.25, 0.3) is 0 Å². The van der Waals surface area contributed by atoms with E-state index >= 15 is 0 Å². The predicted octanol–water partition coefficient (Wildman–Crippen LogP) is 3.27. The Morgan fingerprint density at radius 2 is 1.59 bits per heavy atom. The SMILES string of the molecule is Cc1cccc(-c2nccc(Nc3ccnc(Nc4ccc(N5CC(N)C5)cc4)n3)n2)n1. The number of anilines is 5. The molecule has 1 aliphatic heterocycles. The van der Waals surface area contributed by atoms with Crippen molar-refractivity contribution in [3.8, 4) is 11.5 Å². The maximum atomic E-state index is 5.86. The quantitative estimate of drug-likeness (QED) is 0.428. The highest BCUT2D eigenvalue weighted by Crippen LogP contribution is 2.24.